The predicted octanol–water partition coefficient (Wildman–Crippen LogP) is 5.80. The predicted molar refractivity (Wildman–Crippen MR) is 138 cm³/mol. The van der Waals surface area contributed by atoms with Crippen LogP contribution >= 0.6 is 0 Å². The van der Waals surface area contributed by atoms with Crippen LogP contribution in [0.1, 0.15) is 29.8 Å². The quantitative estimate of drug-likeness (QED) is 0.324. The van der Waals surface area contributed by atoms with E-state index >= 15 is 0 Å². The van der Waals surface area contributed by atoms with E-state index in [-0.39, 0.29) is 11.7 Å². The summed E-state index contributed by atoms with van der Waals surface area (Å²) in [6.45, 7) is 6.63. The van der Waals surface area contributed by atoms with Crippen molar-refractivity contribution in [1.29, 1.82) is 0 Å². The third-order valence-corrected chi connectivity index (χ3v) is 5.72. The van der Waals surface area contributed by atoms with Gasteiger partial charge in [0.1, 0.15) is 18.0 Å². The van der Waals surface area contributed by atoms with Gasteiger partial charge in [-0.1, -0.05) is 18.2 Å². The topological polar surface area (TPSA) is 70.2 Å². The molecule has 0 aliphatic heterocycles. The van der Waals surface area contributed by atoms with E-state index in [4.69, 9.17) is 0 Å². The maximum absolute atomic E-state index is 13.2. The van der Waals surface area contributed by atoms with Gasteiger partial charge in [0, 0.05) is 48.2 Å². The normalized spacial score (nSPS) is 10.6. The van der Waals surface area contributed by atoms with Crippen LogP contribution in [0, 0.1) is 5.82 Å². The average molecular weight is 470 g/mol. The lowest BCUT2D eigenvalue weighted by molar-refractivity contribution is 0.0951. The summed E-state index contributed by atoms with van der Waals surface area (Å²) in [7, 11) is 0. The van der Waals surface area contributed by atoms with Crippen LogP contribution in [0.2, 0.25) is 0 Å². The second-order valence-corrected chi connectivity index (χ2v) is 8.02. The third-order valence-electron chi connectivity index (χ3n) is 5.72. The van der Waals surface area contributed by atoms with Gasteiger partial charge in [-0.2, -0.15) is 0 Å². The first-order chi connectivity index (χ1) is 17.1. The van der Waals surface area contributed by atoms with Gasteiger partial charge in [0.05, 0.1) is 5.69 Å². The Morgan fingerprint density at radius 2 is 1.66 bits per heavy atom. The van der Waals surface area contributed by atoms with Crippen molar-refractivity contribution in [2.24, 2.45) is 0 Å². The van der Waals surface area contributed by atoms with Gasteiger partial charge in [0.25, 0.3) is 5.91 Å². The smallest absolute Gasteiger partial charge is 0.251 e. The Bertz CT molecular complexity index is 1270. The van der Waals surface area contributed by atoms with Gasteiger partial charge in [-0.3, -0.25) is 4.79 Å². The molecule has 4 aromatic rings. The van der Waals surface area contributed by atoms with Crippen LogP contribution in [0.25, 0.3) is 11.3 Å². The summed E-state index contributed by atoms with van der Waals surface area (Å²) in [6.07, 6.45) is 1.45. The molecule has 35 heavy (non-hydrogen) atoms. The number of carbonyl (C=O) groups excluding carboxylic acids is 1. The first-order valence-electron chi connectivity index (χ1n) is 11.6. The van der Waals surface area contributed by atoms with E-state index < -0.39 is 0 Å². The lowest BCUT2D eigenvalue weighted by atomic mass is 10.1. The number of carbonyl (C=O) groups is 1. The minimum atomic E-state index is -0.298. The van der Waals surface area contributed by atoms with Gasteiger partial charge in [0.15, 0.2) is 0 Å². The summed E-state index contributed by atoms with van der Waals surface area (Å²) in [5, 5.41) is 6.19. The molecule has 0 radical (unpaired) electrons. The van der Waals surface area contributed by atoms with E-state index in [0.29, 0.717) is 23.6 Å². The second-order valence-electron chi connectivity index (χ2n) is 8.02. The summed E-state index contributed by atoms with van der Waals surface area (Å²) in [5.41, 5.74) is 4.94. The molecule has 178 valence electrons. The summed E-state index contributed by atoms with van der Waals surface area (Å²) in [6, 6.07) is 23.4. The summed E-state index contributed by atoms with van der Waals surface area (Å²) < 4.78 is 13.2. The zero-order chi connectivity index (χ0) is 24.6. The number of rotatable bonds is 9. The third kappa shape index (κ3) is 6.20. The van der Waals surface area contributed by atoms with Crippen molar-refractivity contribution in [3.8, 4) is 11.3 Å². The van der Waals surface area contributed by atoms with Crippen LogP contribution in [0.3, 0.4) is 0 Å². The lowest BCUT2D eigenvalue weighted by Gasteiger charge is -2.21. The average Bonchev–Trinajstić information content (AvgIpc) is 2.89. The number of benzene rings is 3. The SMILES string of the molecule is CCN(CC)c1ccc(CNC(=O)c2cccc(Nc3cc(-c4ccc(F)cc4)ncn3)c2)cc1. The Hall–Kier alpha value is -4.26. The Kier molecular flexibility index (Phi) is 7.67. The van der Waals surface area contributed by atoms with Gasteiger partial charge in [-0.15, -0.1) is 0 Å². The molecule has 4 rings (SSSR count). The number of halogens is 1. The van der Waals surface area contributed by atoms with Crippen molar-refractivity contribution < 1.29 is 9.18 Å². The van der Waals surface area contributed by atoms with Crippen molar-refractivity contribution in [2.45, 2.75) is 20.4 Å². The molecule has 2 N–H and O–H groups in total. The standard InChI is InChI=1S/C28H28FN5O/c1-3-34(4-2)25-14-8-20(9-15-25)18-30-28(35)22-6-5-7-24(16-22)33-27-17-26(31-19-32-27)21-10-12-23(29)13-11-21/h5-17,19H,3-4,18H2,1-2H3,(H,30,35)(H,31,32,33). The van der Waals surface area contributed by atoms with Crippen LogP contribution in [-0.4, -0.2) is 29.0 Å². The minimum Gasteiger partial charge on any atom is -0.372 e. The number of hydrogen-bond acceptors (Lipinski definition) is 5. The van der Waals surface area contributed by atoms with Gasteiger partial charge in [0.2, 0.25) is 0 Å². The van der Waals surface area contributed by atoms with E-state index in [2.05, 4.69) is 51.5 Å². The Balaban J connectivity index is 1.39. The number of amides is 1. The Labute approximate surface area is 204 Å². The fraction of sp³-hybridized carbons (Fsp3) is 0.179. The molecule has 0 saturated carbocycles. The molecule has 0 atom stereocenters. The molecule has 1 amide bonds. The maximum Gasteiger partial charge on any atom is 0.251 e. The van der Waals surface area contributed by atoms with Crippen molar-refractivity contribution in [3.63, 3.8) is 0 Å². The minimum absolute atomic E-state index is 0.156. The van der Waals surface area contributed by atoms with Crippen LogP contribution in [0.4, 0.5) is 21.6 Å². The highest BCUT2D eigenvalue weighted by Crippen LogP contribution is 2.22. The van der Waals surface area contributed by atoms with Gasteiger partial charge in [-0.25, -0.2) is 14.4 Å². The summed E-state index contributed by atoms with van der Waals surface area (Å²) in [5.74, 6) is 0.120. The monoisotopic (exact) mass is 469 g/mol. The number of aromatic nitrogens is 2. The van der Waals surface area contributed by atoms with Crippen LogP contribution in [-0.2, 0) is 6.54 Å². The molecule has 0 saturated heterocycles. The molecule has 0 bridgehead atoms. The molecule has 7 heteroatoms. The molecule has 0 fully saturated rings. The molecule has 0 spiro atoms. The molecule has 1 aromatic heterocycles. The maximum atomic E-state index is 13.2. The van der Waals surface area contributed by atoms with Crippen molar-refractivity contribution in [2.75, 3.05) is 23.3 Å². The van der Waals surface area contributed by atoms with Crippen molar-refractivity contribution in [3.05, 3.63) is 102 Å². The van der Waals surface area contributed by atoms with Crippen LogP contribution in [0.5, 0.6) is 0 Å². The molecule has 0 aliphatic rings. The molecule has 1 heterocycles. The second kappa shape index (κ2) is 11.2. The first kappa shape index (κ1) is 23.9. The first-order valence-corrected chi connectivity index (χ1v) is 11.6. The van der Waals surface area contributed by atoms with Crippen LogP contribution in [0.15, 0.2) is 85.2 Å². The van der Waals surface area contributed by atoms with E-state index in [1.54, 1.807) is 30.3 Å². The summed E-state index contributed by atoms with van der Waals surface area (Å²) >= 11 is 0. The number of hydrogen-bond donors (Lipinski definition) is 2. The molecule has 0 aliphatic carbocycles. The molecule has 6 nitrogen and oxygen atoms in total. The van der Waals surface area contributed by atoms with E-state index in [0.717, 1.165) is 29.9 Å². The van der Waals surface area contributed by atoms with Crippen molar-refractivity contribution >= 4 is 23.1 Å². The van der Waals surface area contributed by atoms with E-state index in [9.17, 15) is 9.18 Å². The fourth-order valence-corrected chi connectivity index (χ4v) is 3.79. The number of nitrogens with one attached hydrogen (secondary N) is 2. The van der Waals surface area contributed by atoms with Gasteiger partial charge >= 0.3 is 0 Å². The van der Waals surface area contributed by atoms with Crippen molar-refractivity contribution in [1.82, 2.24) is 15.3 Å². The van der Waals surface area contributed by atoms with E-state index in [1.165, 1.54) is 24.1 Å². The highest BCUT2D eigenvalue weighted by atomic mass is 19.1. The molecule has 3 aromatic carbocycles. The van der Waals surface area contributed by atoms with Gasteiger partial charge < -0.3 is 15.5 Å². The number of anilines is 3. The van der Waals surface area contributed by atoms with E-state index in [1.807, 2.05) is 24.3 Å². The number of nitrogens with zero attached hydrogens (tertiary/aromatic N) is 3. The molecular formula is C28H28FN5O. The molecular weight excluding hydrogens is 441 g/mol. The fourth-order valence-electron chi connectivity index (χ4n) is 3.79. The lowest BCUT2D eigenvalue weighted by Crippen LogP contribution is -2.23. The highest BCUT2D eigenvalue weighted by Gasteiger charge is 2.08. The molecule has 0 unspecified atom stereocenters. The van der Waals surface area contributed by atoms with Gasteiger partial charge in [-0.05, 0) is 74.0 Å². The Morgan fingerprint density at radius 3 is 2.37 bits per heavy atom. The van der Waals surface area contributed by atoms with Crippen LogP contribution < -0.4 is 15.5 Å². The Morgan fingerprint density at radius 1 is 0.914 bits per heavy atom. The largest absolute Gasteiger partial charge is 0.372 e. The highest BCUT2D eigenvalue weighted by molar-refractivity contribution is 5.95. The zero-order valence-corrected chi connectivity index (χ0v) is 19.8. The zero-order valence-electron chi connectivity index (χ0n) is 19.8. The summed E-state index contributed by atoms with van der Waals surface area (Å²) in [4.78, 5) is 23.6.